The molecule has 0 unspecified atom stereocenters. The molecule has 84 valence electrons. The molecule has 1 aromatic carbocycles. The first-order valence-corrected chi connectivity index (χ1v) is 7.45. The summed E-state index contributed by atoms with van der Waals surface area (Å²) in [5.41, 5.74) is 0.247. The van der Waals surface area contributed by atoms with Gasteiger partial charge in [0.1, 0.15) is 5.82 Å². The van der Waals surface area contributed by atoms with Crippen molar-refractivity contribution in [3.63, 3.8) is 0 Å². The quantitative estimate of drug-likeness (QED) is 0.787. The van der Waals surface area contributed by atoms with Gasteiger partial charge in [-0.05, 0) is 29.6 Å². The molecule has 0 aliphatic heterocycles. The van der Waals surface area contributed by atoms with Gasteiger partial charge in [-0.2, -0.15) is 0 Å². The molecule has 2 nitrogen and oxygen atoms in total. The van der Waals surface area contributed by atoms with Crippen molar-refractivity contribution in [2.45, 2.75) is 4.90 Å². The van der Waals surface area contributed by atoms with E-state index in [-0.39, 0.29) is 10.5 Å². The summed E-state index contributed by atoms with van der Waals surface area (Å²) in [6.45, 7) is 0. The van der Waals surface area contributed by atoms with Crippen molar-refractivity contribution in [1.29, 1.82) is 0 Å². The summed E-state index contributed by atoms with van der Waals surface area (Å²) in [5.74, 6) is -0.466. The minimum atomic E-state index is -3.82. The second-order valence-electron chi connectivity index (χ2n) is 3.06. The number of thiophene rings is 1. The van der Waals surface area contributed by atoms with Crippen molar-refractivity contribution in [2.24, 2.45) is 0 Å². The van der Waals surface area contributed by atoms with E-state index in [1.54, 1.807) is 17.5 Å². The lowest BCUT2D eigenvalue weighted by atomic mass is 10.2. The van der Waals surface area contributed by atoms with E-state index in [9.17, 15) is 12.8 Å². The van der Waals surface area contributed by atoms with E-state index in [0.29, 0.717) is 4.88 Å². The maximum atomic E-state index is 13.5. The molecule has 6 heteroatoms. The minimum absolute atomic E-state index is 0.0982. The largest absolute Gasteiger partial charge is 0.261 e. The first kappa shape index (κ1) is 11.6. The number of hydrogen-bond acceptors (Lipinski definition) is 3. The minimum Gasteiger partial charge on any atom is -0.207 e. The Morgan fingerprint density at radius 3 is 2.56 bits per heavy atom. The summed E-state index contributed by atoms with van der Waals surface area (Å²) in [6.07, 6.45) is 0. The molecular weight excluding hydrogens is 271 g/mol. The number of benzene rings is 1. The van der Waals surface area contributed by atoms with Gasteiger partial charge in [-0.15, -0.1) is 11.3 Å². The topological polar surface area (TPSA) is 34.1 Å². The standard InChI is InChI=1S/C10H6ClFO2S2/c11-16(13,14)7-3-4-9(12)8(6-7)10-2-1-5-15-10/h1-6H. The van der Waals surface area contributed by atoms with Gasteiger partial charge < -0.3 is 0 Å². The fraction of sp³-hybridized carbons (Fsp3) is 0. The zero-order valence-corrected chi connectivity index (χ0v) is 10.2. The number of rotatable bonds is 2. The molecule has 0 saturated carbocycles. The molecule has 0 aliphatic carbocycles. The number of hydrogen-bond donors (Lipinski definition) is 0. The van der Waals surface area contributed by atoms with Crippen molar-refractivity contribution in [3.8, 4) is 10.4 Å². The third-order valence-corrected chi connectivity index (χ3v) is 4.26. The van der Waals surface area contributed by atoms with Crippen LogP contribution >= 0.6 is 22.0 Å². The van der Waals surface area contributed by atoms with Crippen molar-refractivity contribution >= 4 is 31.1 Å². The van der Waals surface area contributed by atoms with Gasteiger partial charge in [0.15, 0.2) is 0 Å². The van der Waals surface area contributed by atoms with Crippen molar-refractivity contribution < 1.29 is 12.8 Å². The van der Waals surface area contributed by atoms with Gasteiger partial charge in [-0.3, -0.25) is 0 Å². The van der Waals surface area contributed by atoms with E-state index in [1.807, 2.05) is 0 Å². The Hall–Kier alpha value is -0.910. The van der Waals surface area contributed by atoms with Crippen LogP contribution in [0.1, 0.15) is 0 Å². The fourth-order valence-electron chi connectivity index (χ4n) is 1.28. The molecule has 0 saturated heterocycles. The van der Waals surface area contributed by atoms with Gasteiger partial charge >= 0.3 is 0 Å². The average Bonchev–Trinajstić information content (AvgIpc) is 2.69. The molecule has 2 rings (SSSR count). The van der Waals surface area contributed by atoms with Crippen LogP contribution in [0.3, 0.4) is 0 Å². The van der Waals surface area contributed by atoms with E-state index in [2.05, 4.69) is 0 Å². The summed E-state index contributed by atoms with van der Waals surface area (Å²) in [4.78, 5) is 0.568. The van der Waals surface area contributed by atoms with Gasteiger partial charge in [-0.25, -0.2) is 12.8 Å². The highest BCUT2D eigenvalue weighted by Gasteiger charge is 2.14. The molecule has 0 atom stereocenters. The average molecular weight is 277 g/mol. The normalized spacial score (nSPS) is 11.6. The molecule has 0 N–H and O–H groups in total. The first-order chi connectivity index (χ1) is 7.48. The SMILES string of the molecule is O=S(=O)(Cl)c1ccc(F)c(-c2cccs2)c1. The molecule has 0 radical (unpaired) electrons. The van der Waals surface area contributed by atoms with Crippen LogP contribution in [0.25, 0.3) is 10.4 Å². The predicted molar refractivity (Wildman–Crippen MR) is 62.8 cm³/mol. The Morgan fingerprint density at radius 1 is 1.25 bits per heavy atom. The monoisotopic (exact) mass is 276 g/mol. The molecule has 0 aliphatic rings. The third-order valence-electron chi connectivity index (χ3n) is 2.01. The Labute approximate surface area is 101 Å². The summed E-state index contributed by atoms with van der Waals surface area (Å²) >= 11 is 1.33. The van der Waals surface area contributed by atoms with Crippen LogP contribution in [0.4, 0.5) is 4.39 Å². The van der Waals surface area contributed by atoms with Crippen molar-refractivity contribution in [3.05, 3.63) is 41.5 Å². The van der Waals surface area contributed by atoms with E-state index < -0.39 is 14.9 Å². The predicted octanol–water partition coefficient (Wildman–Crippen LogP) is 3.48. The molecule has 1 heterocycles. The van der Waals surface area contributed by atoms with E-state index in [1.165, 1.54) is 17.4 Å². The highest BCUT2D eigenvalue weighted by Crippen LogP contribution is 2.30. The van der Waals surface area contributed by atoms with Gasteiger partial charge in [-0.1, -0.05) is 6.07 Å². The first-order valence-electron chi connectivity index (χ1n) is 4.26. The van der Waals surface area contributed by atoms with Crippen LogP contribution in [0, 0.1) is 5.82 Å². The Bertz CT molecular complexity index is 606. The van der Waals surface area contributed by atoms with Crippen LogP contribution in [0.2, 0.25) is 0 Å². The lowest BCUT2D eigenvalue weighted by molar-refractivity contribution is 0.608. The highest BCUT2D eigenvalue weighted by molar-refractivity contribution is 8.13. The Kier molecular flexibility index (Phi) is 3.01. The lowest BCUT2D eigenvalue weighted by Gasteiger charge is -2.02. The highest BCUT2D eigenvalue weighted by atomic mass is 35.7. The lowest BCUT2D eigenvalue weighted by Crippen LogP contribution is -1.92. The van der Waals surface area contributed by atoms with E-state index >= 15 is 0 Å². The smallest absolute Gasteiger partial charge is 0.207 e. The fourth-order valence-corrected chi connectivity index (χ4v) is 2.80. The van der Waals surface area contributed by atoms with Crippen LogP contribution in [0.15, 0.2) is 40.6 Å². The molecule has 16 heavy (non-hydrogen) atoms. The summed E-state index contributed by atoms with van der Waals surface area (Å²) < 4.78 is 35.7. The molecule has 0 amide bonds. The zero-order valence-electron chi connectivity index (χ0n) is 7.85. The second kappa shape index (κ2) is 4.16. The van der Waals surface area contributed by atoms with Crippen LogP contribution in [-0.2, 0) is 9.05 Å². The maximum absolute atomic E-state index is 13.5. The summed E-state index contributed by atoms with van der Waals surface area (Å²) in [6, 6.07) is 6.97. The van der Waals surface area contributed by atoms with Gasteiger partial charge in [0.25, 0.3) is 9.05 Å². The molecular formula is C10H6ClFO2S2. The van der Waals surface area contributed by atoms with Gasteiger partial charge in [0.2, 0.25) is 0 Å². The van der Waals surface area contributed by atoms with Gasteiger partial charge in [0.05, 0.1) is 4.90 Å². The summed E-state index contributed by atoms with van der Waals surface area (Å²) in [7, 11) is 1.37. The van der Waals surface area contributed by atoms with Crippen LogP contribution in [-0.4, -0.2) is 8.42 Å². The molecule has 0 bridgehead atoms. The van der Waals surface area contributed by atoms with E-state index in [4.69, 9.17) is 10.7 Å². The molecule has 0 fully saturated rings. The Balaban J connectivity index is 2.63. The molecule has 0 spiro atoms. The summed E-state index contributed by atoms with van der Waals surface area (Å²) in [5, 5.41) is 1.79. The van der Waals surface area contributed by atoms with E-state index in [0.717, 1.165) is 12.1 Å². The second-order valence-corrected chi connectivity index (χ2v) is 6.57. The molecule has 2 aromatic rings. The molecule has 1 aromatic heterocycles. The maximum Gasteiger partial charge on any atom is 0.261 e. The van der Waals surface area contributed by atoms with Crippen LogP contribution in [0.5, 0.6) is 0 Å². The van der Waals surface area contributed by atoms with Crippen molar-refractivity contribution in [2.75, 3.05) is 0 Å². The zero-order chi connectivity index (χ0) is 11.8. The Morgan fingerprint density at radius 2 is 2.00 bits per heavy atom. The third kappa shape index (κ3) is 2.26. The number of halogens is 2. The van der Waals surface area contributed by atoms with Crippen LogP contribution < -0.4 is 0 Å². The van der Waals surface area contributed by atoms with Gasteiger partial charge in [0, 0.05) is 21.1 Å². The van der Waals surface area contributed by atoms with Crippen molar-refractivity contribution in [1.82, 2.24) is 0 Å².